The minimum absolute atomic E-state index is 0.00505. The van der Waals surface area contributed by atoms with Crippen LogP contribution in [0.2, 0.25) is 0 Å². The van der Waals surface area contributed by atoms with E-state index in [-0.39, 0.29) is 6.54 Å². The monoisotopic (exact) mass is 284 g/mol. The van der Waals surface area contributed by atoms with Crippen LogP contribution >= 0.6 is 0 Å². The topological polar surface area (TPSA) is 58.6 Å². The molecule has 0 aromatic rings. The Labute approximate surface area is 122 Å². The lowest BCUT2D eigenvalue weighted by Gasteiger charge is -2.18. The second-order valence-corrected chi connectivity index (χ2v) is 7.02. The molecular weight excluding hydrogens is 256 g/mol. The second kappa shape index (κ2) is 6.57. The van der Waals surface area contributed by atoms with Crippen molar-refractivity contribution >= 4 is 12.4 Å². The molecule has 2 fully saturated rings. The van der Waals surface area contributed by atoms with Gasteiger partial charge in [-0.1, -0.05) is 0 Å². The molecule has 5 heteroatoms. The van der Waals surface area contributed by atoms with Gasteiger partial charge in [0.1, 0.15) is 11.9 Å². The number of hydrogen-bond acceptors (Lipinski definition) is 4. The molecule has 0 radical (unpaired) electrons. The number of ether oxygens (including phenoxy) is 1. The molecule has 1 aliphatic heterocycles. The Morgan fingerprint density at radius 3 is 2.35 bits per heavy atom. The van der Waals surface area contributed by atoms with Gasteiger partial charge in [-0.25, -0.2) is 4.79 Å². The number of carbonyl (C=O) groups excluding carboxylic acids is 2. The molecule has 2 aliphatic rings. The van der Waals surface area contributed by atoms with E-state index in [0.29, 0.717) is 6.29 Å². The maximum Gasteiger partial charge on any atom is 0.408 e. The lowest BCUT2D eigenvalue weighted by atomic mass is 10.0. The van der Waals surface area contributed by atoms with Crippen LogP contribution in [0, 0.1) is 5.41 Å². The van der Waals surface area contributed by atoms with Crippen LogP contribution in [0.3, 0.4) is 0 Å². The van der Waals surface area contributed by atoms with Crippen LogP contribution < -0.4 is 5.32 Å². The van der Waals surface area contributed by atoms with Gasteiger partial charge in [0.05, 0.1) is 6.54 Å². The van der Waals surface area contributed by atoms with Crippen molar-refractivity contribution in [1.29, 1.82) is 0 Å². The van der Waals surface area contributed by atoms with E-state index in [1.165, 1.54) is 25.8 Å². The molecule has 0 unspecified atom stereocenters. The highest BCUT2D eigenvalue weighted by Gasteiger charge is 2.49. The Hall–Kier alpha value is -1.10. The van der Waals surface area contributed by atoms with Gasteiger partial charge < -0.3 is 19.7 Å². The number of aldehydes is 1. The Balaban J connectivity index is 0.000000202. The SMILES string of the molecule is CC(C)(C)OC(=O)NCC=O.C[C@H]1CC2(CC2)CN1C. The van der Waals surface area contributed by atoms with Crippen LogP contribution in [-0.4, -0.2) is 49.1 Å². The van der Waals surface area contributed by atoms with E-state index in [1.54, 1.807) is 20.8 Å². The fraction of sp³-hybridized carbons (Fsp3) is 0.867. The molecule has 20 heavy (non-hydrogen) atoms. The first kappa shape index (κ1) is 17.0. The minimum atomic E-state index is -0.565. The summed E-state index contributed by atoms with van der Waals surface area (Å²) in [5.74, 6) is 0. The summed E-state index contributed by atoms with van der Waals surface area (Å²) in [6.45, 7) is 8.98. The average molecular weight is 284 g/mol. The van der Waals surface area contributed by atoms with Crippen LogP contribution in [0.4, 0.5) is 4.79 Å². The number of carbonyl (C=O) groups is 2. The first-order valence-electron chi connectivity index (χ1n) is 7.28. The fourth-order valence-electron chi connectivity index (χ4n) is 2.51. The van der Waals surface area contributed by atoms with Gasteiger partial charge in [-0.2, -0.15) is 0 Å². The van der Waals surface area contributed by atoms with E-state index in [0.717, 1.165) is 11.5 Å². The van der Waals surface area contributed by atoms with Crippen molar-refractivity contribution in [2.75, 3.05) is 20.1 Å². The first-order valence-corrected chi connectivity index (χ1v) is 7.28. The molecule has 0 aromatic heterocycles. The Morgan fingerprint density at radius 2 is 2.05 bits per heavy atom. The quantitative estimate of drug-likeness (QED) is 0.790. The summed E-state index contributed by atoms with van der Waals surface area (Å²) in [4.78, 5) is 23.0. The van der Waals surface area contributed by atoms with Crippen LogP contribution in [-0.2, 0) is 9.53 Å². The molecule has 116 valence electrons. The van der Waals surface area contributed by atoms with E-state index in [2.05, 4.69) is 24.2 Å². The number of alkyl carbamates (subject to hydrolysis) is 1. The molecule has 1 spiro atoms. The van der Waals surface area contributed by atoms with Crippen molar-refractivity contribution in [2.45, 2.75) is 58.6 Å². The largest absolute Gasteiger partial charge is 0.444 e. The van der Waals surface area contributed by atoms with Crippen molar-refractivity contribution in [2.24, 2.45) is 5.41 Å². The summed E-state index contributed by atoms with van der Waals surface area (Å²) >= 11 is 0. The van der Waals surface area contributed by atoms with Gasteiger partial charge in [0.15, 0.2) is 0 Å². The average Bonchev–Trinajstić information content (AvgIpc) is 2.97. The van der Waals surface area contributed by atoms with Crippen molar-refractivity contribution in [3.8, 4) is 0 Å². The van der Waals surface area contributed by atoms with E-state index < -0.39 is 11.7 Å². The van der Waals surface area contributed by atoms with Gasteiger partial charge in [-0.05, 0) is 59.4 Å². The Kier molecular flexibility index (Phi) is 5.57. The molecule has 5 nitrogen and oxygen atoms in total. The van der Waals surface area contributed by atoms with Crippen LogP contribution in [0.15, 0.2) is 0 Å². The number of amides is 1. The van der Waals surface area contributed by atoms with Crippen LogP contribution in [0.5, 0.6) is 0 Å². The van der Waals surface area contributed by atoms with E-state index >= 15 is 0 Å². The molecular formula is C15H28N2O3. The van der Waals surface area contributed by atoms with Gasteiger partial charge in [0, 0.05) is 12.6 Å². The summed E-state index contributed by atoms with van der Waals surface area (Å²) in [5.41, 5.74) is 0.307. The predicted octanol–water partition coefficient (Wildman–Crippen LogP) is 2.20. The molecule has 1 saturated heterocycles. The lowest BCUT2D eigenvalue weighted by Crippen LogP contribution is -2.33. The zero-order chi connectivity index (χ0) is 15.4. The van der Waals surface area contributed by atoms with Crippen molar-refractivity contribution in [3.63, 3.8) is 0 Å². The minimum Gasteiger partial charge on any atom is -0.444 e. The molecule has 1 N–H and O–H groups in total. The summed E-state index contributed by atoms with van der Waals surface area (Å²) in [7, 11) is 2.25. The Morgan fingerprint density at radius 1 is 1.45 bits per heavy atom. The summed E-state index contributed by atoms with van der Waals surface area (Å²) in [6, 6.07) is 0.854. The zero-order valence-corrected chi connectivity index (χ0v) is 13.4. The van der Waals surface area contributed by atoms with Crippen molar-refractivity contribution in [3.05, 3.63) is 0 Å². The Bertz CT molecular complexity index is 334. The molecule has 0 aromatic carbocycles. The number of nitrogens with zero attached hydrogens (tertiary/aromatic N) is 1. The third kappa shape index (κ3) is 5.90. The van der Waals surface area contributed by atoms with Crippen LogP contribution in [0.25, 0.3) is 0 Å². The molecule has 1 atom stereocenters. The van der Waals surface area contributed by atoms with Crippen molar-refractivity contribution < 1.29 is 14.3 Å². The maximum absolute atomic E-state index is 10.7. The van der Waals surface area contributed by atoms with Crippen molar-refractivity contribution in [1.82, 2.24) is 10.2 Å². The smallest absolute Gasteiger partial charge is 0.408 e. The second-order valence-electron chi connectivity index (χ2n) is 7.02. The number of nitrogens with one attached hydrogen (secondary N) is 1. The molecule has 0 bridgehead atoms. The fourth-order valence-corrected chi connectivity index (χ4v) is 2.51. The maximum atomic E-state index is 10.7. The molecule has 1 amide bonds. The highest BCUT2D eigenvalue weighted by atomic mass is 16.6. The molecule has 1 saturated carbocycles. The highest BCUT2D eigenvalue weighted by molar-refractivity contribution is 5.71. The standard InChI is InChI=1S/C8H15N.C7H13NO3/c1-7-5-8(3-4-8)6-9(7)2;1-7(2,3)11-6(10)8-4-5-9/h7H,3-6H2,1-2H3;5H,4H2,1-3H3,(H,8,10)/t7-;/m0./s1. The predicted molar refractivity (Wildman–Crippen MR) is 78.7 cm³/mol. The third-order valence-electron chi connectivity index (χ3n) is 3.75. The van der Waals surface area contributed by atoms with Gasteiger partial charge in [-0.3, -0.25) is 0 Å². The van der Waals surface area contributed by atoms with Gasteiger partial charge in [0.25, 0.3) is 0 Å². The van der Waals surface area contributed by atoms with E-state index in [4.69, 9.17) is 4.74 Å². The number of likely N-dealkylation sites (tertiary alicyclic amines) is 1. The number of rotatable bonds is 2. The third-order valence-corrected chi connectivity index (χ3v) is 3.75. The van der Waals surface area contributed by atoms with Crippen LogP contribution in [0.1, 0.15) is 47.0 Å². The normalized spacial score (nSPS) is 23.8. The number of hydrogen-bond donors (Lipinski definition) is 1. The molecule has 1 heterocycles. The molecule has 2 rings (SSSR count). The lowest BCUT2D eigenvalue weighted by molar-refractivity contribution is -0.107. The van der Waals surface area contributed by atoms with Gasteiger partial charge in [0.2, 0.25) is 0 Å². The summed E-state index contributed by atoms with van der Waals surface area (Å²) in [6.07, 6.45) is 4.50. The molecule has 1 aliphatic carbocycles. The highest BCUT2D eigenvalue weighted by Crippen LogP contribution is 2.54. The summed E-state index contributed by atoms with van der Waals surface area (Å²) in [5, 5.41) is 2.26. The van der Waals surface area contributed by atoms with Gasteiger partial charge >= 0.3 is 6.09 Å². The summed E-state index contributed by atoms with van der Waals surface area (Å²) < 4.78 is 4.83. The van der Waals surface area contributed by atoms with E-state index in [1.807, 2.05) is 0 Å². The van der Waals surface area contributed by atoms with E-state index in [9.17, 15) is 9.59 Å². The van der Waals surface area contributed by atoms with Gasteiger partial charge in [-0.15, -0.1) is 0 Å². The zero-order valence-electron chi connectivity index (χ0n) is 13.4. The first-order chi connectivity index (χ1) is 9.17.